The number of halogens is 3. The average Bonchev–Trinajstić information content (AvgIpc) is 3.32. The van der Waals surface area contributed by atoms with Gasteiger partial charge < -0.3 is 15.3 Å². The number of hydrogen-bond acceptors (Lipinski definition) is 6. The number of aromatic nitrogens is 4. The van der Waals surface area contributed by atoms with Crippen LogP contribution in [0.5, 0.6) is 0 Å². The first-order chi connectivity index (χ1) is 19.8. The zero-order valence-electron chi connectivity index (χ0n) is 23.2. The molecule has 13 heteroatoms. The number of carboxylic acid groups (broad SMARTS) is 1. The molecule has 0 saturated carbocycles. The van der Waals surface area contributed by atoms with E-state index in [-0.39, 0.29) is 58.3 Å². The molecule has 0 aliphatic carbocycles. The molecule has 0 fully saturated rings. The summed E-state index contributed by atoms with van der Waals surface area (Å²) >= 11 is 18.9. The first-order valence-electron chi connectivity index (χ1n) is 13.1. The Bertz CT molecular complexity index is 1800. The monoisotopic (exact) mass is 628 g/mol. The van der Waals surface area contributed by atoms with Crippen molar-refractivity contribution in [2.45, 2.75) is 52.7 Å². The van der Waals surface area contributed by atoms with Crippen molar-refractivity contribution < 1.29 is 14.7 Å². The van der Waals surface area contributed by atoms with Gasteiger partial charge in [-0.15, -0.1) is 0 Å². The molecule has 218 valence electrons. The van der Waals surface area contributed by atoms with Gasteiger partial charge in [0.1, 0.15) is 5.82 Å². The first-order valence-corrected chi connectivity index (χ1v) is 14.3. The van der Waals surface area contributed by atoms with Gasteiger partial charge in [-0.1, -0.05) is 34.8 Å². The third kappa shape index (κ3) is 5.49. The lowest BCUT2D eigenvalue weighted by Crippen LogP contribution is -2.46. The number of benzene rings is 2. The molecule has 0 saturated heterocycles. The molecule has 3 heterocycles. The number of anilines is 1. The van der Waals surface area contributed by atoms with Crippen molar-refractivity contribution in [1.29, 1.82) is 0 Å². The molecule has 2 N–H and O–H groups in total. The number of carbonyl (C=O) groups is 2. The zero-order valence-corrected chi connectivity index (χ0v) is 25.4. The van der Waals surface area contributed by atoms with E-state index >= 15 is 0 Å². The number of rotatable bonds is 5. The third-order valence-electron chi connectivity index (χ3n) is 6.94. The summed E-state index contributed by atoms with van der Waals surface area (Å²) in [4.78, 5) is 49.9. The van der Waals surface area contributed by atoms with E-state index in [0.717, 1.165) is 4.57 Å². The molecule has 42 heavy (non-hydrogen) atoms. The summed E-state index contributed by atoms with van der Waals surface area (Å²) in [5.74, 6) is 0.234. The van der Waals surface area contributed by atoms with Crippen molar-refractivity contribution in [3.8, 4) is 17.1 Å². The van der Waals surface area contributed by atoms with Crippen LogP contribution >= 0.6 is 34.8 Å². The molecule has 0 spiro atoms. The van der Waals surface area contributed by atoms with Crippen LogP contribution in [0.15, 0.2) is 47.4 Å². The number of nitrogens with zero attached hydrogens (tertiary/aromatic N) is 5. The first kappa shape index (κ1) is 29.6. The predicted octanol–water partition coefficient (Wildman–Crippen LogP) is 6.30. The van der Waals surface area contributed by atoms with Crippen molar-refractivity contribution in [2.24, 2.45) is 0 Å². The van der Waals surface area contributed by atoms with Crippen LogP contribution in [0.2, 0.25) is 15.1 Å². The lowest BCUT2D eigenvalue weighted by atomic mass is 9.98. The van der Waals surface area contributed by atoms with Crippen LogP contribution in [-0.4, -0.2) is 53.2 Å². The molecule has 2 aromatic carbocycles. The number of imidazole rings is 1. The van der Waals surface area contributed by atoms with Crippen LogP contribution in [0.25, 0.3) is 17.1 Å². The van der Waals surface area contributed by atoms with Crippen molar-refractivity contribution in [3.05, 3.63) is 90.5 Å². The Labute approximate surface area is 256 Å². The topological polar surface area (TPSA) is 122 Å². The van der Waals surface area contributed by atoms with Gasteiger partial charge in [-0.3, -0.25) is 9.59 Å². The van der Waals surface area contributed by atoms with Gasteiger partial charge in [0, 0.05) is 35.0 Å². The lowest BCUT2D eigenvalue weighted by molar-refractivity contribution is 0.0653. The minimum Gasteiger partial charge on any atom is -0.464 e. The van der Waals surface area contributed by atoms with E-state index in [2.05, 4.69) is 10.3 Å². The van der Waals surface area contributed by atoms with Crippen molar-refractivity contribution >= 4 is 52.8 Å². The highest BCUT2D eigenvalue weighted by atomic mass is 35.5. The van der Waals surface area contributed by atoms with Gasteiger partial charge in [-0.25, -0.2) is 23.9 Å². The molecule has 1 atom stereocenters. The minimum absolute atomic E-state index is 0.0817. The van der Waals surface area contributed by atoms with Gasteiger partial charge in [0.2, 0.25) is 5.95 Å². The van der Waals surface area contributed by atoms with Crippen LogP contribution in [-0.2, 0) is 13.0 Å². The molecule has 10 nitrogen and oxygen atoms in total. The normalized spacial score (nSPS) is 14.7. The average molecular weight is 630 g/mol. The smallest absolute Gasteiger partial charge is 0.417 e. The summed E-state index contributed by atoms with van der Waals surface area (Å²) in [7, 11) is 0. The standard InChI is InChI=1S/C29H27Cl3N6O4/c1-14(2)33-28-35-23-13-36(26(39)18-5-7-20(30)21(31)11-18)16(4)9-19(23)27(40)38(28)24-8-6-17(10-22(24)32)25-34-15(3)12-37(25)29(41)42/h5-8,10-12,14,16H,9,13H2,1-4H3,(H,33,35)(H,41,42). The molecule has 0 bridgehead atoms. The molecule has 1 aliphatic heterocycles. The largest absolute Gasteiger partial charge is 0.464 e. The molecule has 5 rings (SSSR count). The van der Waals surface area contributed by atoms with Crippen LogP contribution in [0, 0.1) is 6.92 Å². The quantitative estimate of drug-likeness (QED) is 0.266. The zero-order chi connectivity index (χ0) is 30.5. The van der Waals surface area contributed by atoms with Crippen LogP contribution in [0.3, 0.4) is 0 Å². The van der Waals surface area contributed by atoms with E-state index in [0.29, 0.717) is 38.8 Å². The second-order valence-corrected chi connectivity index (χ2v) is 11.7. The highest BCUT2D eigenvalue weighted by Crippen LogP contribution is 2.31. The highest BCUT2D eigenvalue weighted by molar-refractivity contribution is 6.42. The summed E-state index contributed by atoms with van der Waals surface area (Å²) < 4.78 is 2.44. The molecule has 2 aromatic heterocycles. The third-order valence-corrected chi connectivity index (χ3v) is 7.98. The summed E-state index contributed by atoms with van der Waals surface area (Å²) in [6, 6.07) is 9.21. The van der Waals surface area contributed by atoms with E-state index in [1.807, 2.05) is 20.8 Å². The highest BCUT2D eigenvalue weighted by Gasteiger charge is 2.32. The number of amides is 1. The fourth-order valence-corrected chi connectivity index (χ4v) is 5.54. The van der Waals surface area contributed by atoms with Crippen molar-refractivity contribution in [2.75, 3.05) is 5.32 Å². The maximum atomic E-state index is 14.0. The maximum absolute atomic E-state index is 14.0. The van der Waals surface area contributed by atoms with Gasteiger partial charge in [0.05, 0.1) is 38.7 Å². The van der Waals surface area contributed by atoms with Crippen LogP contribution in [0.4, 0.5) is 10.7 Å². The molecule has 1 aliphatic rings. The van der Waals surface area contributed by atoms with E-state index in [1.54, 1.807) is 42.2 Å². The molecule has 1 unspecified atom stereocenters. The molecule has 0 radical (unpaired) electrons. The predicted molar refractivity (Wildman–Crippen MR) is 162 cm³/mol. The van der Waals surface area contributed by atoms with Crippen molar-refractivity contribution in [1.82, 2.24) is 24.0 Å². The van der Waals surface area contributed by atoms with Gasteiger partial charge in [-0.2, -0.15) is 0 Å². The number of fused-ring (bicyclic) bond motifs is 1. The Kier molecular flexibility index (Phi) is 8.06. The summed E-state index contributed by atoms with van der Waals surface area (Å²) in [6.45, 7) is 7.52. The number of nitrogens with one attached hydrogen (secondary N) is 1. The Balaban J connectivity index is 1.57. The maximum Gasteiger partial charge on any atom is 0.417 e. The Morgan fingerprint density at radius 2 is 1.79 bits per heavy atom. The van der Waals surface area contributed by atoms with E-state index in [1.165, 1.54) is 16.8 Å². The van der Waals surface area contributed by atoms with Gasteiger partial charge >= 0.3 is 6.09 Å². The van der Waals surface area contributed by atoms with Crippen LogP contribution < -0.4 is 10.9 Å². The van der Waals surface area contributed by atoms with Gasteiger partial charge in [-0.05, 0) is 70.5 Å². The van der Waals surface area contributed by atoms with Crippen molar-refractivity contribution in [3.63, 3.8) is 0 Å². The van der Waals surface area contributed by atoms with Crippen LogP contribution in [0.1, 0.15) is 48.1 Å². The van der Waals surface area contributed by atoms with Gasteiger partial charge in [0.25, 0.3) is 11.5 Å². The fraction of sp³-hybridized carbons (Fsp3) is 0.276. The summed E-state index contributed by atoms with van der Waals surface area (Å²) in [5.41, 5.74) is 2.42. The summed E-state index contributed by atoms with van der Waals surface area (Å²) in [5, 5.41) is 13.6. The number of carbonyl (C=O) groups excluding carboxylic acids is 1. The number of aryl methyl sites for hydroxylation is 1. The van der Waals surface area contributed by atoms with Gasteiger partial charge in [0.15, 0.2) is 0 Å². The Morgan fingerprint density at radius 1 is 1.05 bits per heavy atom. The number of hydrogen-bond donors (Lipinski definition) is 2. The lowest BCUT2D eigenvalue weighted by Gasteiger charge is -2.35. The molecular weight excluding hydrogens is 603 g/mol. The van der Waals surface area contributed by atoms with E-state index in [4.69, 9.17) is 39.8 Å². The summed E-state index contributed by atoms with van der Waals surface area (Å²) in [6.07, 6.45) is 0.519. The minimum atomic E-state index is -1.18. The molecule has 1 amide bonds. The molecule has 4 aromatic rings. The second-order valence-electron chi connectivity index (χ2n) is 10.4. The SMILES string of the molecule is Cc1cn(C(=O)O)c(-c2ccc(-n3c(NC(C)C)nc4c(c3=O)CC(C)N(C(=O)c3ccc(Cl)c(Cl)c3)C4)c(Cl)c2)n1. The second kappa shape index (κ2) is 11.4. The molecular formula is C29H27Cl3N6O4. The van der Waals surface area contributed by atoms with E-state index in [9.17, 15) is 19.5 Å². The Morgan fingerprint density at radius 3 is 2.43 bits per heavy atom. The fourth-order valence-electron chi connectivity index (χ4n) is 4.98. The van der Waals surface area contributed by atoms with E-state index < -0.39 is 6.09 Å². The Hall–Kier alpha value is -3.86.